The van der Waals surface area contributed by atoms with Gasteiger partial charge in [-0.25, -0.2) is 0 Å². The molecule has 110 valence electrons. The molecule has 0 aromatic heterocycles. The van der Waals surface area contributed by atoms with Crippen molar-refractivity contribution in [3.05, 3.63) is 34.9 Å². The van der Waals surface area contributed by atoms with Crippen LogP contribution in [-0.2, 0) is 0 Å². The van der Waals surface area contributed by atoms with Crippen LogP contribution in [-0.4, -0.2) is 30.6 Å². The van der Waals surface area contributed by atoms with Gasteiger partial charge < -0.3 is 5.32 Å². The second kappa shape index (κ2) is 6.46. The second-order valence-corrected chi connectivity index (χ2v) is 6.79. The Morgan fingerprint density at radius 3 is 2.65 bits per heavy atom. The van der Waals surface area contributed by atoms with Gasteiger partial charge in [0, 0.05) is 23.7 Å². The van der Waals surface area contributed by atoms with Gasteiger partial charge in [-0.1, -0.05) is 23.7 Å². The molecule has 1 unspecified atom stereocenters. The lowest BCUT2D eigenvalue weighted by molar-refractivity contribution is 0.152. The summed E-state index contributed by atoms with van der Waals surface area (Å²) >= 11 is 6.15. The van der Waals surface area contributed by atoms with E-state index in [0.717, 1.165) is 17.0 Å². The molecule has 1 saturated heterocycles. The van der Waals surface area contributed by atoms with Gasteiger partial charge in [-0.15, -0.1) is 0 Å². The summed E-state index contributed by atoms with van der Waals surface area (Å²) in [4.78, 5) is 2.72. The van der Waals surface area contributed by atoms with E-state index in [9.17, 15) is 0 Å². The highest BCUT2D eigenvalue weighted by molar-refractivity contribution is 6.30. The van der Waals surface area contributed by atoms with Gasteiger partial charge in [-0.2, -0.15) is 0 Å². The van der Waals surface area contributed by atoms with Crippen LogP contribution >= 0.6 is 11.6 Å². The number of nitrogens with zero attached hydrogens (tertiary/aromatic N) is 1. The summed E-state index contributed by atoms with van der Waals surface area (Å²) in [5.41, 5.74) is 1.36. The van der Waals surface area contributed by atoms with Crippen molar-refractivity contribution >= 4 is 11.6 Å². The first kappa shape index (κ1) is 14.4. The quantitative estimate of drug-likeness (QED) is 0.886. The lowest BCUT2D eigenvalue weighted by atomic mass is 9.96. The molecule has 2 aliphatic rings. The number of hydrogen-bond acceptors (Lipinski definition) is 2. The molecule has 1 aromatic carbocycles. The predicted octanol–water partition coefficient (Wildman–Crippen LogP) is 3.87. The second-order valence-electron chi connectivity index (χ2n) is 6.35. The smallest absolute Gasteiger partial charge is 0.0409 e. The molecular weight excluding hydrogens is 268 g/mol. The van der Waals surface area contributed by atoms with Gasteiger partial charge in [0.05, 0.1) is 0 Å². The van der Waals surface area contributed by atoms with Crippen LogP contribution in [0.3, 0.4) is 0 Å². The van der Waals surface area contributed by atoms with Crippen LogP contribution in [0.25, 0.3) is 0 Å². The summed E-state index contributed by atoms with van der Waals surface area (Å²) in [6.45, 7) is 5.97. The minimum Gasteiger partial charge on any atom is -0.317 e. The maximum absolute atomic E-state index is 6.15. The van der Waals surface area contributed by atoms with Gasteiger partial charge in [0.1, 0.15) is 0 Å². The van der Waals surface area contributed by atoms with Crippen LogP contribution in [0.2, 0.25) is 5.02 Å². The first-order chi connectivity index (χ1) is 9.74. The SMILES string of the molecule is CC(c1cccc(Cl)c1)N(CC1CCNCC1)C1CC1. The molecule has 1 heterocycles. The monoisotopic (exact) mass is 292 g/mol. The molecule has 0 amide bonds. The van der Waals surface area contributed by atoms with Crippen molar-refractivity contribution in [2.75, 3.05) is 19.6 Å². The Morgan fingerprint density at radius 2 is 2.00 bits per heavy atom. The van der Waals surface area contributed by atoms with Crippen molar-refractivity contribution in [2.24, 2.45) is 5.92 Å². The maximum Gasteiger partial charge on any atom is 0.0409 e. The highest BCUT2D eigenvalue weighted by Gasteiger charge is 2.34. The lowest BCUT2D eigenvalue weighted by Crippen LogP contribution is -2.38. The highest BCUT2D eigenvalue weighted by atomic mass is 35.5. The number of nitrogens with one attached hydrogen (secondary N) is 1. The molecule has 2 fully saturated rings. The van der Waals surface area contributed by atoms with Crippen LogP contribution in [0.15, 0.2) is 24.3 Å². The van der Waals surface area contributed by atoms with E-state index in [-0.39, 0.29) is 0 Å². The van der Waals surface area contributed by atoms with Crippen molar-refractivity contribution in [1.82, 2.24) is 10.2 Å². The van der Waals surface area contributed by atoms with Gasteiger partial charge in [-0.05, 0) is 69.3 Å². The molecule has 0 spiro atoms. The topological polar surface area (TPSA) is 15.3 Å². The third kappa shape index (κ3) is 3.55. The highest BCUT2D eigenvalue weighted by Crippen LogP contribution is 2.36. The standard InChI is InChI=1S/C17H25ClN2/c1-13(15-3-2-4-16(18)11-15)20(17-5-6-17)12-14-7-9-19-10-8-14/h2-4,11,13-14,17,19H,5-10,12H2,1H3. The molecule has 0 bridgehead atoms. The Balaban J connectivity index is 1.69. The van der Waals surface area contributed by atoms with Crippen molar-refractivity contribution < 1.29 is 0 Å². The molecule has 1 aromatic rings. The van der Waals surface area contributed by atoms with Gasteiger partial charge in [0.2, 0.25) is 0 Å². The van der Waals surface area contributed by atoms with Gasteiger partial charge in [-0.3, -0.25) is 4.90 Å². The minimum atomic E-state index is 0.482. The van der Waals surface area contributed by atoms with E-state index in [1.54, 1.807) is 0 Å². The van der Waals surface area contributed by atoms with Crippen LogP contribution in [0.1, 0.15) is 44.2 Å². The van der Waals surface area contributed by atoms with Crippen LogP contribution < -0.4 is 5.32 Å². The van der Waals surface area contributed by atoms with Gasteiger partial charge >= 0.3 is 0 Å². The first-order valence-corrected chi connectivity index (χ1v) is 8.34. The summed E-state index contributed by atoms with van der Waals surface area (Å²) in [7, 11) is 0. The van der Waals surface area contributed by atoms with Crippen molar-refractivity contribution in [2.45, 2.75) is 44.7 Å². The number of halogens is 1. The molecule has 3 heteroatoms. The van der Waals surface area contributed by atoms with Crippen LogP contribution in [0.5, 0.6) is 0 Å². The molecule has 1 saturated carbocycles. The minimum absolute atomic E-state index is 0.482. The molecular formula is C17H25ClN2. The Bertz CT molecular complexity index is 438. The van der Waals surface area contributed by atoms with Crippen LogP contribution in [0, 0.1) is 5.92 Å². The average Bonchev–Trinajstić information content (AvgIpc) is 3.30. The van der Waals surface area contributed by atoms with E-state index in [2.05, 4.69) is 35.3 Å². The fraction of sp³-hybridized carbons (Fsp3) is 0.647. The number of rotatable bonds is 5. The number of benzene rings is 1. The van der Waals surface area contributed by atoms with E-state index in [0.29, 0.717) is 6.04 Å². The average molecular weight is 293 g/mol. The molecule has 20 heavy (non-hydrogen) atoms. The van der Waals surface area contributed by atoms with E-state index < -0.39 is 0 Å². The van der Waals surface area contributed by atoms with E-state index in [4.69, 9.17) is 11.6 Å². The molecule has 1 aliphatic carbocycles. The van der Waals surface area contributed by atoms with Gasteiger partial charge in [0.25, 0.3) is 0 Å². The van der Waals surface area contributed by atoms with E-state index in [1.165, 1.54) is 50.9 Å². The Labute approximate surface area is 127 Å². The molecule has 2 nitrogen and oxygen atoms in total. The number of hydrogen-bond donors (Lipinski definition) is 1. The summed E-state index contributed by atoms with van der Waals surface area (Å²) in [5, 5.41) is 4.32. The van der Waals surface area contributed by atoms with E-state index in [1.807, 2.05) is 6.07 Å². The summed E-state index contributed by atoms with van der Waals surface area (Å²) < 4.78 is 0. The summed E-state index contributed by atoms with van der Waals surface area (Å²) in [6, 6.07) is 9.67. The zero-order valence-electron chi connectivity index (χ0n) is 12.3. The Hall–Kier alpha value is -0.570. The fourth-order valence-corrected chi connectivity index (χ4v) is 3.55. The van der Waals surface area contributed by atoms with Crippen molar-refractivity contribution in [1.29, 1.82) is 0 Å². The van der Waals surface area contributed by atoms with E-state index >= 15 is 0 Å². The molecule has 0 radical (unpaired) electrons. The third-order valence-electron chi connectivity index (χ3n) is 4.77. The summed E-state index contributed by atoms with van der Waals surface area (Å²) in [5.74, 6) is 0.860. The van der Waals surface area contributed by atoms with Crippen molar-refractivity contribution in [3.63, 3.8) is 0 Å². The number of piperidine rings is 1. The van der Waals surface area contributed by atoms with Crippen LogP contribution in [0.4, 0.5) is 0 Å². The largest absolute Gasteiger partial charge is 0.317 e. The summed E-state index contributed by atoms with van der Waals surface area (Å²) in [6.07, 6.45) is 5.39. The molecule has 3 rings (SSSR count). The lowest BCUT2D eigenvalue weighted by Gasteiger charge is -2.34. The van der Waals surface area contributed by atoms with Gasteiger partial charge in [0.15, 0.2) is 0 Å². The first-order valence-electron chi connectivity index (χ1n) is 7.96. The normalized spacial score (nSPS) is 22.1. The van der Waals surface area contributed by atoms with Crippen molar-refractivity contribution in [3.8, 4) is 0 Å². The molecule has 1 atom stereocenters. The maximum atomic E-state index is 6.15. The Kier molecular flexibility index (Phi) is 4.65. The molecule has 1 aliphatic heterocycles. The molecule has 1 N–H and O–H groups in total. The zero-order valence-corrected chi connectivity index (χ0v) is 13.1. The fourth-order valence-electron chi connectivity index (χ4n) is 3.35. The predicted molar refractivity (Wildman–Crippen MR) is 85.2 cm³/mol. The zero-order chi connectivity index (χ0) is 13.9. The third-order valence-corrected chi connectivity index (χ3v) is 5.01. The Morgan fingerprint density at radius 1 is 1.25 bits per heavy atom.